The Morgan fingerprint density at radius 3 is 1.33 bits per heavy atom. The van der Waals surface area contributed by atoms with Crippen molar-refractivity contribution in [1.29, 1.82) is 0 Å². The zero-order chi connectivity index (χ0) is 23.0. The van der Waals surface area contributed by atoms with Gasteiger partial charge in [0.15, 0.2) is 24.8 Å². The average Bonchev–Trinajstić information content (AvgIpc) is 2.86. The Morgan fingerprint density at radius 1 is 0.697 bits per heavy atom. The zero-order valence-electron chi connectivity index (χ0n) is 18.9. The number of pyridine rings is 4. The molecule has 4 aromatic heterocycles. The molecule has 0 amide bonds. The van der Waals surface area contributed by atoms with Crippen LogP contribution < -0.4 is 9.13 Å². The smallest absolute Gasteiger partial charge is 0.213 e. The summed E-state index contributed by atoms with van der Waals surface area (Å²) in [5.74, 6) is 0. The normalized spacial score (nSPS) is 9.52. The van der Waals surface area contributed by atoms with Gasteiger partial charge in [-0.1, -0.05) is 12.1 Å². The van der Waals surface area contributed by atoms with Crippen LogP contribution >= 0.6 is 19.4 Å². The molecule has 4 heterocycles. The first-order chi connectivity index (χ1) is 15.6. The van der Waals surface area contributed by atoms with Crippen molar-refractivity contribution in [2.24, 2.45) is 0 Å². The molecule has 0 saturated heterocycles. The third-order valence-electron chi connectivity index (χ3n) is 3.83. The summed E-state index contributed by atoms with van der Waals surface area (Å²) in [6.45, 7) is 4.03. The number of hydrogen-bond donors (Lipinski definition) is 0. The van der Waals surface area contributed by atoms with Gasteiger partial charge < -0.3 is 7.43 Å². The Balaban J connectivity index is 0.000000250. The summed E-state index contributed by atoms with van der Waals surface area (Å²) in [4.78, 5) is 7.92. The van der Waals surface area contributed by atoms with Gasteiger partial charge in [-0.2, -0.15) is 9.13 Å². The fourth-order valence-electron chi connectivity index (χ4n) is 2.34. The molecule has 4 aromatic rings. The van der Waals surface area contributed by atoms with Crippen molar-refractivity contribution in [2.75, 3.05) is 0 Å². The molecule has 0 radical (unpaired) electrons. The van der Waals surface area contributed by atoms with E-state index in [0.717, 1.165) is 11.4 Å². The Kier molecular flexibility index (Phi) is 14.6. The minimum atomic E-state index is -1.52. The van der Waals surface area contributed by atoms with Gasteiger partial charge in [-0.3, -0.25) is 9.97 Å². The SMILES string of the molecule is CC(C)=C[CH]=[Ru]([Cl])[Cl].[CH3-].c1cc[n+](-c2ccncc2)cc1.c1cc[n+](-c2ccncc2)cc1. The average molecular weight is 570 g/mol. The van der Waals surface area contributed by atoms with E-state index in [1.165, 1.54) is 5.57 Å². The van der Waals surface area contributed by atoms with E-state index in [2.05, 4.69) is 9.97 Å². The van der Waals surface area contributed by atoms with Crippen molar-refractivity contribution < 1.29 is 22.7 Å². The summed E-state index contributed by atoms with van der Waals surface area (Å²) < 4.78 is 5.96. The first-order valence-corrected chi connectivity index (χ1v) is 15.2. The van der Waals surface area contributed by atoms with E-state index >= 15 is 0 Å². The monoisotopic (exact) mass is 569 g/mol. The van der Waals surface area contributed by atoms with Crippen LogP contribution in [-0.2, 0) is 13.5 Å². The molecule has 0 N–H and O–H groups in total. The van der Waals surface area contributed by atoms with Crippen molar-refractivity contribution in [3.05, 3.63) is 129 Å². The fourth-order valence-corrected chi connectivity index (χ4v) is 3.66. The van der Waals surface area contributed by atoms with Crippen LogP contribution in [0.2, 0.25) is 0 Å². The van der Waals surface area contributed by atoms with Gasteiger partial charge in [0.1, 0.15) is 0 Å². The maximum Gasteiger partial charge on any atom is 0.213 e. The van der Waals surface area contributed by atoms with E-state index in [1.54, 1.807) is 24.8 Å². The summed E-state index contributed by atoms with van der Waals surface area (Å²) >= 11 is -1.52. The second-order valence-electron chi connectivity index (χ2n) is 6.54. The maximum atomic E-state index is 5.53. The Bertz CT molecular complexity index is 918. The van der Waals surface area contributed by atoms with E-state index in [1.807, 2.05) is 119 Å². The first kappa shape index (κ1) is 28.4. The predicted octanol–water partition coefficient (Wildman–Crippen LogP) is 5.85. The second kappa shape index (κ2) is 17.0. The molecular formula is C26H29Cl2N4Ru+. The minimum Gasteiger partial charge on any atom is -0.358 e. The number of halogens is 2. The molecule has 0 atom stereocenters. The molecule has 0 spiro atoms. The van der Waals surface area contributed by atoms with Crippen LogP contribution in [0, 0.1) is 7.43 Å². The summed E-state index contributed by atoms with van der Waals surface area (Å²) in [6.07, 6.45) is 17.1. The quantitative estimate of drug-likeness (QED) is 0.176. The molecule has 0 unspecified atom stereocenters. The van der Waals surface area contributed by atoms with Gasteiger partial charge in [0, 0.05) is 73.3 Å². The second-order valence-corrected chi connectivity index (χ2v) is 12.3. The van der Waals surface area contributed by atoms with Crippen LogP contribution in [0.3, 0.4) is 0 Å². The van der Waals surface area contributed by atoms with E-state index in [0.29, 0.717) is 0 Å². The van der Waals surface area contributed by atoms with Gasteiger partial charge in [-0.05, 0) is 0 Å². The number of rotatable bonds is 3. The van der Waals surface area contributed by atoms with Crippen LogP contribution in [0.5, 0.6) is 0 Å². The standard InChI is InChI=1S/2C10H9N2.C5H8.CH3.2ClH.Ru/c2*1-2-8-12(9-3-1)10-4-6-11-7-5-10;1-4-5(2)3;;;;/h2*1-9H;1,4H,2-3H3;1H3;2*1H;/q2*+1;;-1;;;+2/p-2. The molecule has 0 aliphatic carbocycles. The van der Waals surface area contributed by atoms with Crippen LogP contribution in [0.25, 0.3) is 11.4 Å². The number of hydrogen-bond acceptors (Lipinski definition) is 2. The van der Waals surface area contributed by atoms with Crippen molar-refractivity contribution in [3.63, 3.8) is 0 Å². The Hall–Kier alpha value is -2.59. The molecule has 7 heteroatoms. The van der Waals surface area contributed by atoms with E-state index in [-0.39, 0.29) is 7.43 Å². The third kappa shape index (κ3) is 12.3. The summed E-state index contributed by atoms with van der Waals surface area (Å²) in [7, 11) is 11.1. The molecule has 4 nitrogen and oxygen atoms in total. The van der Waals surface area contributed by atoms with Crippen LogP contribution in [0.15, 0.2) is 122 Å². The molecule has 0 aromatic carbocycles. The van der Waals surface area contributed by atoms with E-state index in [4.69, 9.17) is 19.4 Å². The zero-order valence-corrected chi connectivity index (χ0v) is 22.2. The van der Waals surface area contributed by atoms with Crippen molar-refractivity contribution >= 4 is 24.0 Å². The van der Waals surface area contributed by atoms with Crippen molar-refractivity contribution in [3.8, 4) is 11.4 Å². The maximum absolute atomic E-state index is 5.53. The summed E-state index contributed by atoms with van der Waals surface area (Å²) in [5, 5.41) is 0. The number of aromatic nitrogens is 4. The van der Waals surface area contributed by atoms with Gasteiger partial charge in [-0.15, -0.1) is 0 Å². The summed E-state index contributed by atoms with van der Waals surface area (Å²) in [6, 6.07) is 19.9. The van der Waals surface area contributed by atoms with Gasteiger partial charge in [-0.25, -0.2) is 0 Å². The van der Waals surface area contributed by atoms with Crippen LogP contribution in [0.4, 0.5) is 0 Å². The Labute approximate surface area is 210 Å². The van der Waals surface area contributed by atoms with Crippen molar-refractivity contribution in [1.82, 2.24) is 9.97 Å². The molecule has 0 bridgehead atoms. The van der Waals surface area contributed by atoms with E-state index in [9.17, 15) is 0 Å². The topological polar surface area (TPSA) is 33.5 Å². The minimum absolute atomic E-state index is 0. The van der Waals surface area contributed by atoms with E-state index < -0.39 is 13.5 Å². The van der Waals surface area contributed by atoms with Gasteiger partial charge >= 0.3 is 63.0 Å². The van der Waals surface area contributed by atoms with Crippen LogP contribution in [-0.4, -0.2) is 14.6 Å². The molecule has 0 fully saturated rings. The molecule has 174 valence electrons. The van der Waals surface area contributed by atoms with Gasteiger partial charge in [0.2, 0.25) is 11.4 Å². The molecule has 33 heavy (non-hydrogen) atoms. The Morgan fingerprint density at radius 2 is 1.06 bits per heavy atom. The predicted molar refractivity (Wildman–Crippen MR) is 135 cm³/mol. The molecule has 0 aliphatic rings. The number of allylic oxidation sites excluding steroid dienone is 2. The third-order valence-corrected chi connectivity index (χ3v) is 5.62. The largest absolute Gasteiger partial charge is 0.358 e. The van der Waals surface area contributed by atoms with Gasteiger partial charge in [0.25, 0.3) is 0 Å². The van der Waals surface area contributed by atoms with Crippen molar-refractivity contribution in [2.45, 2.75) is 13.8 Å². The molecule has 4 rings (SSSR count). The van der Waals surface area contributed by atoms with Gasteiger partial charge in [0.05, 0.1) is 0 Å². The molecule has 0 saturated carbocycles. The summed E-state index contributed by atoms with van der Waals surface area (Å²) in [5.41, 5.74) is 3.50. The first-order valence-electron chi connectivity index (χ1n) is 9.76. The fraction of sp³-hybridized carbons (Fsp3) is 0.0769. The number of nitrogens with zero attached hydrogens (tertiary/aromatic N) is 4. The van der Waals surface area contributed by atoms with Crippen LogP contribution in [0.1, 0.15) is 13.8 Å². The molecule has 0 aliphatic heterocycles. The molecular weight excluding hydrogens is 540 g/mol.